The monoisotopic (exact) mass is 309 g/mol. The van der Waals surface area contributed by atoms with Gasteiger partial charge in [0, 0.05) is 18.7 Å². The molecule has 0 atom stereocenters. The van der Waals surface area contributed by atoms with Crippen LogP contribution in [0.3, 0.4) is 0 Å². The Balaban J connectivity index is 2.01. The number of amides is 1. The lowest BCUT2D eigenvalue weighted by atomic mass is 10.2. The van der Waals surface area contributed by atoms with Gasteiger partial charge in [-0.3, -0.25) is 4.79 Å². The van der Waals surface area contributed by atoms with E-state index in [2.05, 4.69) is 15.6 Å². The molecule has 0 saturated heterocycles. The van der Waals surface area contributed by atoms with Gasteiger partial charge in [-0.2, -0.15) is 0 Å². The van der Waals surface area contributed by atoms with E-state index in [0.29, 0.717) is 13.1 Å². The highest BCUT2D eigenvalue weighted by atomic mass is 19.1. The van der Waals surface area contributed by atoms with E-state index in [1.54, 1.807) is 0 Å². The lowest BCUT2D eigenvalue weighted by molar-refractivity contribution is 0.0946. The number of hydrogen-bond donors (Lipinski definition) is 1. The summed E-state index contributed by atoms with van der Waals surface area (Å²) in [4.78, 5) is 13.8. The van der Waals surface area contributed by atoms with Crippen LogP contribution in [0.5, 0.6) is 0 Å². The summed E-state index contributed by atoms with van der Waals surface area (Å²) in [6, 6.07) is 3.63. The standard InChI is InChI=1S/C14H17F2N5O/c1-20(2)7-6-17-14(22)13-9-21(19-18-13)8-10-11(15)4-3-5-12(10)16/h3-5,9H,6-8H2,1-2H3,(H,17,22). The minimum Gasteiger partial charge on any atom is -0.349 e. The summed E-state index contributed by atoms with van der Waals surface area (Å²) >= 11 is 0. The normalized spacial score (nSPS) is 11.0. The second kappa shape index (κ2) is 7.08. The van der Waals surface area contributed by atoms with Crippen molar-refractivity contribution in [2.24, 2.45) is 0 Å². The van der Waals surface area contributed by atoms with Gasteiger partial charge in [-0.25, -0.2) is 13.5 Å². The predicted molar refractivity (Wildman–Crippen MR) is 76.4 cm³/mol. The number of aromatic nitrogens is 3. The number of hydrogen-bond acceptors (Lipinski definition) is 4. The van der Waals surface area contributed by atoms with Gasteiger partial charge >= 0.3 is 0 Å². The quantitative estimate of drug-likeness (QED) is 0.861. The Morgan fingerprint density at radius 1 is 1.32 bits per heavy atom. The lowest BCUT2D eigenvalue weighted by Crippen LogP contribution is -2.31. The second-order valence-electron chi connectivity index (χ2n) is 5.06. The Morgan fingerprint density at radius 2 is 2.00 bits per heavy atom. The van der Waals surface area contributed by atoms with Crippen LogP contribution in [-0.4, -0.2) is 53.0 Å². The van der Waals surface area contributed by atoms with Crippen molar-refractivity contribution >= 4 is 5.91 Å². The third-order valence-corrected chi connectivity index (χ3v) is 3.00. The minimum absolute atomic E-state index is 0.107. The molecule has 1 aromatic carbocycles. The maximum atomic E-state index is 13.6. The summed E-state index contributed by atoms with van der Waals surface area (Å²) in [5.41, 5.74) is -0.0116. The molecule has 0 saturated carbocycles. The molecule has 6 nitrogen and oxygen atoms in total. The van der Waals surface area contributed by atoms with Crippen LogP contribution in [0.25, 0.3) is 0 Å². The van der Waals surface area contributed by atoms with Gasteiger partial charge in [0.2, 0.25) is 0 Å². The number of carbonyl (C=O) groups excluding carboxylic acids is 1. The van der Waals surface area contributed by atoms with E-state index in [1.807, 2.05) is 19.0 Å². The van der Waals surface area contributed by atoms with Crippen molar-refractivity contribution < 1.29 is 13.6 Å². The van der Waals surface area contributed by atoms with Gasteiger partial charge in [0.25, 0.3) is 5.91 Å². The maximum Gasteiger partial charge on any atom is 0.273 e. The molecule has 0 aliphatic rings. The van der Waals surface area contributed by atoms with E-state index in [9.17, 15) is 13.6 Å². The molecular formula is C14H17F2N5O. The number of rotatable bonds is 6. The molecular weight excluding hydrogens is 292 g/mol. The first-order valence-electron chi connectivity index (χ1n) is 6.73. The number of halogens is 2. The average molecular weight is 309 g/mol. The van der Waals surface area contributed by atoms with Crippen LogP contribution < -0.4 is 5.32 Å². The van der Waals surface area contributed by atoms with Gasteiger partial charge in [0.1, 0.15) is 11.6 Å². The lowest BCUT2D eigenvalue weighted by Gasteiger charge is -2.09. The van der Waals surface area contributed by atoms with E-state index < -0.39 is 11.6 Å². The van der Waals surface area contributed by atoms with E-state index in [1.165, 1.54) is 29.1 Å². The highest BCUT2D eigenvalue weighted by Gasteiger charge is 2.13. The maximum absolute atomic E-state index is 13.6. The summed E-state index contributed by atoms with van der Waals surface area (Å²) in [7, 11) is 3.79. The van der Waals surface area contributed by atoms with Crippen LogP contribution in [-0.2, 0) is 6.54 Å². The van der Waals surface area contributed by atoms with Crippen molar-refractivity contribution in [3.63, 3.8) is 0 Å². The van der Waals surface area contributed by atoms with Crippen molar-refractivity contribution in [2.75, 3.05) is 27.2 Å². The number of nitrogens with zero attached hydrogens (tertiary/aromatic N) is 4. The van der Waals surface area contributed by atoms with Crippen LogP contribution in [0, 0.1) is 11.6 Å². The summed E-state index contributed by atoms with van der Waals surface area (Å²) in [6.45, 7) is 1.04. The number of carbonyl (C=O) groups is 1. The van der Waals surface area contributed by atoms with Crippen LogP contribution >= 0.6 is 0 Å². The third-order valence-electron chi connectivity index (χ3n) is 3.00. The zero-order valence-corrected chi connectivity index (χ0v) is 12.4. The van der Waals surface area contributed by atoms with Crippen molar-refractivity contribution in [3.8, 4) is 0 Å². The van der Waals surface area contributed by atoms with Crippen LogP contribution in [0.1, 0.15) is 16.1 Å². The molecule has 0 aliphatic heterocycles. The largest absolute Gasteiger partial charge is 0.349 e. The van der Waals surface area contributed by atoms with Crippen LogP contribution in [0.15, 0.2) is 24.4 Å². The van der Waals surface area contributed by atoms with Crippen molar-refractivity contribution in [2.45, 2.75) is 6.54 Å². The molecule has 118 valence electrons. The average Bonchev–Trinajstić information content (AvgIpc) is 2.91. The molecule has 2 aromatic rings. The predicted octanol–water partition coefficient (Wildman–Crippen LogP) is 0.896. The molecule has 22 heavy (non-hydrogen) atoms. The Bertz CT molecular complexity index is 636. The number of benzene rings is 1. The molecule has 1 N–H and O–H groups in total. The smallest absolute Gasteiger partial charge is 0.273 e. The number of likely N-dealkylation sites (N-methyl/N-ethyl adjacent to an activating group) is 1. The first-order chi connectivity index (χ1) is 10.5. The zero-order chi connectivity index (χ0) is 16.1. The molecule has 1 aromatic heterocycles. The molecule has 0 spiro atoms. The Morgan fingerprint density at radius 3 is 2.64 bits per heavy atom. The molecule has 0 unspecified atom stereocenters. The minimum atomic E-state index is -0.660. The first kappa shape index (κ1) is 16.0. The Labute approximate surface area is 126 Å². The summed E-state index contributed by atoms with van der Waals surface area (Å²) < 4.78 is 28.3. The summed E-state index contributed by atoms with van der Waals surface area (Å²) in [6.07, 6.45) is 1.36. The SMILES string of the molecule is CN(C)CCNC(=O)c1cn(Cc2c(F)cccc2F)nn1. The van der Waals surface area contributed by atoms with Gasteiger partial charge in [0.15, 0.2) is 5.69 Å². The third kappa shape index (κ3) is 4.08. The van der Waals surface area contributed by atoms with Crippen molar-refractivity contribution in [3.05, 3.63) is 47.3 Å². The van der Waals surface area contributed by atoms with Gasteiger partial charge < -0.3 is 10.2 Å². The van der Waals surface area contributed by atoms with E-state index in [0.717, 1.165) is 0 Å². The fourth-order valence-corrected chi connectivity index (χ4v) is 1.81. The molecule has 0 bridgehead atoms. The fourth-order valence-electron chi connectivity index (χ4n) is 1.81. The van der Waals surface area contributed by atoms with Gasteiger partial charge in [-0.05, 0) is 26.2 Å². The Kier molecular flexibility index (Phi) is 5.16. The van der Waals surface area contributed by atoms with Gasteiger partial charge in [-0.1, -0.05) is 11.3 Å². The summed E-state index contributed by atoms with van der Waals surface area (Å²) in [5.74, 6) is -1.69. The van der Waals surface area contributed by atoms with E-state index in [-0.39, 0.29) is 23.7 Å². The zero-order valence-electron chi connectivity index (χ0n) is 12.4. The molecule has 2 rings (SSSR count). The topological polar surface area (TPSA) is 63.1 Å². The Hall–Kier alpha value is -2.35. The molecule has 0 radical (unpaired) electrons. The van der Waals surface area contributed by atoms with Crippen LogP contribution in [0.4, 0.5) is 8.78 Å². The van der Waals surface area contributed by atoms with Crippen molar-refractivity contribution in [1.82, 2.24) is 25.2 Å². The molecule has 0 fully saturated rings. The highest BCUT2D eigenvalue weighted by Crippen LogP contribution is 2.13. The van der Waals surface area contributed by atoms with Crippen LogP contribution in [0.2, 0.25) is 0 Å². The number of nitrogens with one attached hydrogen (secondary N) is 1. The summed E-state index contributed by atoms with van der Waals surface area (Å²) in [5, 5.41) is 10.1. The van der Waals surface area contributed by atoms with Crippen molar-refractivity contribution in [1.29, 1.82) is 0 Å². The molecule has 1 amide bonds. The molecule has 0 aliphatic carbocycles. The van der Waals surface area contributed by atoms with Gasteiger partial charge in [-0.15, -0.1) is 5.10 Å². The van der Waals surface area contributed by atoms with E-state index in [4.69, 9.17) is 0 Å². The second-order valence-corrected chi connectivity index (χ2v) is 5.06. The fraction of sp³-hybridized carbons (Fsp3) is 0.357. The first-order valence-corrected chi connectivity index (χ1v) is 6.73. The molecule has 8 heteroatoms. The highest BCUT2D eigenvalue weighted by molar-refractivity contribution is 5.91. The van der Waals surface area contributed by atoms with Gasteiger partial charge in [0.05, 0.1) is 12.7 Å². The molecule has 1 heterocycles. The van der Waals surface area contributed by atoms with E-state index >= 15 is 0 Å².